The highest BCUT2D eigenvalue weighted by atomic mass is 19.1. The van der Waals surface area contributed by atoms with Gasteiger partial charge in [0.25, 0.3) is 0 Å². The molecule has 1 amide bonds. The number of hydrogen-bond donors (Lipinski definition) is 3. The van der Waals surface area contributed by atoms with Crippen LogP contribution in [0.4, 0.5) is 4.39 Å². The molecule has 0 spiro atoms. The summed E-state index contributed by atoms with van der Waals surface area (Å²) in [6, 6.07) is 5.61. The molecule has 128 valence electrons. The number of carbonyl (C=O) groups excluding carboxylic acids is 1. The van der Waals surface area contributed by atoms with E-state index in [1.807, 2.05) is 13.2 Å². The lowest BCUT2D eigenvalue weighted by molar-refractivity contribution is -0.125. The Bertz CT molecular complexity index is 701. The van der Waals surface area contributed by atoms with Crippen molar-refractivity contribution < 1.29 is 14.3 Å². The number of nitrogens with zero attached hydrogens (tertiary/aromatic N) is 2. The first-order chi connectivity index (χ1) is 11.5. The smallest absolute Gasteiger partial charge is 0.225 e. The minimum absolute atomic E-state index is 0.0710. The maximum atomic E-state index is 12.9. The zero-order valence-electron chi connectivity index (χ0n) is 13.4. The van der Waals surface area contributed by atoms with Crippen LogP contribution in [-0.4, -0.2) is 40.4 Å². The molecule has 1 aromatic heterocycles. The summed E-state index contributed by atoms with van der Waals surface area (Å²) in [5.41, 5.74) is 1.60. The molecule has 0 aliphatic carbocycles. The molecule has 0 radical (unpaired) electrons. The topological polar surface area (TPSA) is 79.2 Å². The van der Waals surface area contributed by atoms with Crippen molar-refractivity contribution in [3.8, 4) is 0 Å². The van der Waals surface area contributed by atoms with Gasteiger partial charge < -0.3 is 15.7 Å². The third-order valence-electron chi connectivity index (χ3n) is 4.43. The van der Waals surface area contributed by atoms with E-state index < -0.39 is 6.10 Å². The highest BCUT2D eigenvalue weighted by Gasteiger charge is 2.34. The molecular formula is C17H21FN4O2. The first-order valence-corrected chi connectivity index (χ1v) is 7.95. The van der Waals surface area contributed by atoms with Crippen LogP contribution in [0.3, 0.4) is 0 Å². The number of rotatable bonds is 5. The van der Waals surface area contributed by atoms with E-state index in [4.69, 9.17) is 0 Å². The molecule has 1 aromatic carbocycles. The van der Waals surface area contributed by atoms with Crippen molar-refractivity contribution >= 4 is 5.91 Å². The summed E-state index contributed by atoms with van der Waals surface area (Å²) < 4.78 is 14.6. The number of benzene rings is 1. The van der Waals surface area contributed by atoms with Gasteiger partial charge in [-0.05, 0) is 23.3 Å². The Hall–Kier alpha value is -2.25. The van der Waals surface area contributed by atoms with Crippen LogP contribution in [0, 0.1) is 11.7 Å². The van der Waals surface area contributed by atoms with Gasteiger partial charge in [-0.15, -0.1) is 0 Å². The van der Waals surface area contributed by atoms with Gasteiger partial charge in [0, 0.05) is 38.8 Å². The van der Waals surface area contributed by atoms with Gasteiger partial charge in [0.1, 0.15) is 5.82 Å². The maximum absolute atomic E-state index is 12.9. The minimum atomic E-state index is -0.860. The van der Waals surface area contributed by atoms with E-state index >= 15 is 0 Å². The Kier molecular flexibility index (Phi) is 4.92. The van der Waals surface area contributed by atoms with Gasteiger partial charge in [0.15, 0.2) is 0 Å². The van der Waals surface area contributed by atoms with E-state index in [0.717, 1.165) is 12.1 Å². The van der Waals surface area contributed by atoms with Crippen molar-refractivity contribution in [3.63, 3.8) is 0 Å². The number of aromatic nitrogens is 2. The minimum Gasteiger partial charge on any atom is -0.387 e. The third kappa shape index (κ3) is 3.63. The average molecular weight is 332 g/mol. The van der Waals surface area contributed by atoms with E-state index in [1.165, 1.54) is 24.3 Å². The second-order valence-electron chi connectivity index (χ2n) is 6.13. The van der Waals surface area contributed by atoms with Gasteiger partial charge in [0.2, 0.25) is 5.91 Å². The first-order valence-electron chi connectivity index (χ1n) is 7.95. The summed E-state index contributed by atoms with van der Waals surface area (Å²) in [6.07, 6.45) is 2.84. The lowest BCUT2D eigenvalue weighted by Crippen LogP contribution is -2.36. The summed E-state index contributed by atoms with van der Waals surface area (Å²) in [6.45, 7) is 1.42. The third-order valence-corrected chi connectivity index (χ3v) is 4.43. The van der Waals surface area contributed by atoms with Crippen molar-refractivity contribution in [2.45, 2.75) is 12.0 Å². The normalized spacial score (nSPS) is 21.6. The van der Waals surface area contributed by atoms with E-state index in [2.05, 4.69) is 15.7 Å². The zero-order valence-corrected chi connectivity index (χ0v) is 13.4. The second-order valence-corrected chi connectivity index (χ2v) is 6.13. The number of aliphatic hydroxyl groups is 1. The Morgan fingerprint density at radius 2 is 2.21 bits per heavy atom. The van der Waals surface area contributed by atoms with Crippen LogP contribution in [-0.2, 0) is 11.8 Å². The van der Waals surface area contributed by atoms with Crippen LogP contribution in [0.15, 0.2) is 36.7 Å². The molecule has 2 aromatic rings. The number of amides is 1. The summed E-state index contributed by atoms with van der Waals surface area (Å²) in [4.78, 5) is 12.5. The molecule has 0 saturated carbocycles. The quantitative estimate of drug-likeness (QED) is 0.754. The van der Waals surface area contributed by atoms with Crippen molar-refractivity contribution in [3.05, 3.63) is 53.6 Å². The van der Waals surface area contributed by atoms with Crippen molar-refractivity contribution in [1.82, 2.24) is 20.4 Å². The molecule has 3 N–H and O–H groups in total. The number of aryl methyl sites for hydroxylation is 1. The number of halogens is 1. The average Bonchev–Trinajstić information content (AvgIpc) is 3.21. The molecule has 24 heavy (non-hydrogen) atoms. The molecular weight excluding hydrogens is 311 g/mol. The van der Waals surface area contributed by atoms with Gasteiger partial charge >= 0.3 is 0 Å². The van der Waals surface area contributed by atoms with Crippen LogP contribution in [0.25, 0.3) is 0 Å². The highest BCUT2D eigenvalue weighted by Crippen LogP contribution is 2.28. The van der Waals surface area contributed by atoms with E-state index in [0.29, 0.717) is 12.1 Å². The predicted octanol–water partition coefficient (Wildman–Crippen LogP) is 0.712. The Labute approximate surface area is 139 Å². The SMILES string of the molecule is Cn1cc([C@H]2CNC[C@@H]2C(=O)NCC(O)c2ccc(F)cc2)cn1. The van der Waals surface area contributed by atoms with Gasteiger partial charge in [0.05, 0.1) is 18.2 Å². The molecule has 3 rings (SSSR count). The van der Waals surface area contributed by atoms with Gasteiger partial charge in [-0.2, -0.15) is 5.10 Å². The molecule has 6 nitrogen and oxygen atoms in total. The van der Waals surface area contributed by atoms with Crippen molar-refractivity contribution in [1.29, 1.82) is 0 Å². The van der Waals surface area contributed by atoms with Gasteiger partial charge in [-0.1, -0.05) is 12.1 Å². The standard InChI is InChI=1S/C17H21FN4O2/c1-22-10-12(6-21-22)14-7-19-8-15(14)17(24)20-9-16(23)11-2-4-13(18)5-3-11/h2-6,10,14-16,19,23H,7-9H2,1H3,(H,20,24)/t14-,15+,16?/m1/s1. The van der Waals surface area contributed by atoms with E-state index in [1.54, 1.807) is 10.9 Å². The van der Waals surface area contributed by atoms with Crippen LogP contribution in [0.1, 0.15) is 23.1 Å². The first kappa shape index (κ1) is 16.6. The van der Waals surface area contributed by atoms with Crippen molar-refractivity contribution in [2.24, 2.45) is 13.0 Å². The summed E-state index contributed by atoms with van der Waals surface area (Å²) in [7, 11) is 1.85. The lowest BCUT2D eigenvalue weighted by Gasteiger charge is -2.18. The molecule has 1 unspecified atom stereocenters. The van der Waals surface area contributed by atoms with Gasteiger partial charge in [-0.3, -0.25) is 9.48 Å². The monoisotopic (exact) mass is 332 g/mol. The van der Waals surface area contributed by atoms with Crippen LogP contribution >= 0.6 is 0 Å². The summed E-state index contributed by atoms with van der Waals surface area (Å²) >= 11 is 0. The fraction of sp³-hybridized carbons (Fsp3) is 0.412. The molecule has 1 saturated heterocycles. The number of nitrogens with one attached hydrogen (secondary N) is 2. The van der Waals surface area contributed by atoms with Crippen LogP contribution in [0.2, 0.25) is 0 Å². The molecule has 3 atom stereocenters. The Morgan fingerprint density at radius 1 is 1.46 bits per heavy atom. The number of carbonyl (C=O) groups is 1. The summed E-state index contributed by atoms with van der Waals surface area (Å²) in [5.74, 6) is -0.586. The molecule has 0 bridgehead atoms. The fourth-order valence-electron chi connectivity index (χ4n) is 3.07. The molecule has 1 fully saturated rings. The fourth-order valence-corrected chi connectivity index (χ4v) is 3.07. The molecule has 1 aliphatic rings. The van der Waals surface area contributed by atoms with E-state index in [-0.39, 0.29) is 30.1 Å². The van der Waals surface area contributed by atoms with Gasteiger partial charge in [-0.25, -0.2) is 4.39 Å². The van der Waals surface area contributed by atoms with E-state index in [9.17, 15) is 14.3 Å². The maximum Gasteiger partial charge on any atom is 0.225 e. The molecule has 7 heteroatoms. The predicted molar refractivity (Wildman–Crippen MR) is 86.7 cm³/mol. The molecule has 2 heterocycles. The van der Waals surface area contributed by atoms with Crippen molar-refractivity contribution in [2.75, 3.05) is 19.6 Å². The van der Waals surface area contributed by atoms with Crippen LogP contribution < -0.4 is 10.6 Å². The molecule has 1 aliphatic heterocycles. The van der Waals surface area contributed by atoms with Crippen LogP contribution in [0.5, 0.6) is 0 Å². The largest absolute Gasteiger partial charge is 0.387 e. The second kappa shape index (κ2) is 7.11. The summed E-state index contributed by atoms with van der Waals surface area (Å²) in [5, 5.41) is 20.3. The zero-order chi connectivity index (χ0) is 17.1. The highest BCUT2D eigenvalue weighted by molar-refractivity contribution is 5.80. The lowest BCUT2D eigenvalue weighted by atomic mass is 9.90. The Balaban J connectivity index is 1.59. The number of hydrogen-bond acceptors (Lipinski definition) is 4. The Morgan fingerprint density at radius 3 is 2.88 bits per heavy atom. The number of aliphatic hydroxyl groups excluding tert-OH is 1.